The molecule has 34 heavy (non-hydrogen) atoms. The van der Waals surface area contributed by atoms with E-state index in [2.05, 4.69) is 138 Å². The molecular formula is C31H27Cl2Hf. The molecule has 0 N–H and O–H groups in total. The zero-order chi connectivity index (χ0) is 21.6. The molecular weight excluding hydrogens is 622 g/mol. The maximum absolute atomic E-state index is 4.33. The second-order valence-corrected chi connectivity index (χ2v) is 32.2. The van der Waals surface area contributed by atoms with E-state index in [0.717, 1.165) is 0 Å². The van der Waals surface area contributed by atoms with Gasteiger partial charge >= 0.3 is 193 Å². The van der Waals surface area contributed by atoms with Crippen molar-refractivity contribution in [2.75, 3.05) is 0 Å². The Bertz CT molecular complexity index is 1250. The average molecular weight is 649 g/mol. The molecule has 0 fully saturated rings. The van der Waals surface area contributed by atoms with E-state index in [4.69, 9.17) is 0 Å². The summed E-state index contributed by atoms with van der Waals surface area (Å²) in [4.78, 5) is 0. The monoisotopic (exact) mass is 649 g/mol. The molecule has 6 rings (SSSR count). The van der Waals surface area contributed by atoms with Crippen LogP contribution in [0.2, 0.25) is 4.68 Å². The summed E-state index contributed by atoms with van der Waals surface area (Å²) in [7, 11) is 0. The Morgan fingerprint density at radius 2 is 0.824 bits per heavy atom. The maximum atomic E-state index is 2.72. The third-order valence-corrected chi connectivity index (χ3v) is 36.8. The van der Waals surface area contributed by atoms with Crippen molar-refractivity contribution in [3.63, 3.8) is 0 Å². The molecule has 0 bridgehead atoms. The molecule has 0 radical (unpaired) electrons. The van der Waals surface area contributed by atoms with Gasteiger partial charge in [-0.3, -0.25) is 0 Å². The maximum Gasteiger partial charge on any atom is -1.00 e. The standard InChI is InChI=1S/2C9H7.2C6H5.CH3.2ClH.Hf/c2*1-2-5-9-7-3-6-8(9)4-1;2*1-2-4-6-5-3-1;;;;/h2*1-7H;2*1-5H;1H3;2*1H;/q;;;;;;;+2/p-2. The first-order valence-corrected chi connectivity index (χ1v) is 22.9. The number of fused-ring (bicyclic) bond motifs is 2. The fourth-order valence-electron chi connectivity index (χ4n) is 6.64. The van der Waals surface area contributed by atoms with Gasteiger partial charge in [-0.15, -0.1) is 0 Å². The van der Waals surface area contributed by atoms with Crippen molar-refractivity contribution in [1.29, 1.82) is 0 Å². The van der Waals surface area contributed by atoms with E-state index in [1.54, 1.807) is 6.64 Å². The second-order valence-electron chi connectivity index (χ2n) is 9.61. The minimum Gasteiger partial charge on any atom is -1.00 e. The zero-order valence-electron chi connectivity index (χ0n) is 19.1. The van der Waals surface area contributed by atoms with Crippen LogP contribution in [0.1, 0.15) is 29.6 Å². The predicted molar refractivity (Wildman–Crippen MR) is 134 cm³/mol. The van der Waals surface area contributed by atoms with Crippen LogP contribution < -0.4 is 31.5 Å². The molecule has 2 aliphatic rings. The van der Waals surface area contributed by atoms with E-state index in [0.29, 0.717) is 7.35 Å². The third kappa shape index (κ3) is 3.36. The molecule has 0 saturated carbocycles. The first-order valence-electron chi connectivity index (χ1n) is 11.5. The zero-order valence-corrected chi connectivity index (χ0v) is 24.2. The van der Waals surface area contributed by atoms with Gasteiger partial charge in [-0.25, -0.2) is 0 Å². The van der Waals surface area contributed by atoms with Crippen molar-refractivity contribution in [2.24, 2.45) is 0 Å². The van der Waals surface area contributed by atoms with Crippen molar-refractivity contribution in [3.05, 3.63) is 144 Å². The van der Waals surface area contributed by atoms with Crippen LogP contribution >= 0.6 is 0 Å². The number of benzene rings is 4. The van der Waals surface area contributed by atoms with Crippen LogP contribution in [0.3, 0.4) is 0 Å². The third-order valence-electron chi connectivity index (χ3n) is 8.28. The van der Waals surface area contributed by atoms with Gasteiger partial charge in [-0.1, -0.05) is 0 Å². The summed E-state index contributed by atoms with van der Waals surface area (Å²) in [5, 5.41) is 0. The molecule has 3 heteroatoms. The Labute approximate surface area is 216 Å². The number of hydrogen-bond donors (Lipinski definition) is 0. The van der Waals surface area contributed by atoms with Crippen molar-refractivity contribution in [1.82, 2.24) is 0 Å². The Kier molecular flexibility index (Phi) is 6.93. The summed E-state index contributed by atoms with van der Waals surface area (Å²) in [6.07, 6.45) is 9.82. The Hall–Kier alpha value is -2.19. The molecule has 4 aromatic carbocycles. The van der Waals surface area contributed by atoms with E-state index < -0.39 is 18.5 Å². The molecule has 0 spiro atoms. The summed E-state index contributed by atoms with van der Waals surface area (Å²) in [6, 6.07) is 41.1. The Morgan fingerprint density at radius 3 is 1.24 bits per heavy atom. The summed E-state index contributed by atoms with van der Waals surface area (Å²) in [6.45, 7) is 0. The van der Waals surface area contributed by atoms with Gasteiger partial charge in [0, 0.05) is 0 Å². The van der Waals surface area contributed by atoms with Crippen LogP contribution in [-0.2, 0) is 18.5 Å². The normalized spacial score (nSPS) is 17.9. The van der Waals surface area contributed by atoms with Gasteiger partial charge in [-0.05, 0) is 0 Å². The number of allylic oxidation sites excluding steroid dienone is 2. The largest absolute Gasteiger partial charge is 1.00 e. The smallest absolute Gasteiger partial charge is 1.00 e. The fraction of sp³-hybridized carbons (Fsp3) is 0.0968. The van der Waals surface area contributed by atoms with Crippen molar-refractivity contribution in [2.45, 2.75) is 12.0 Å². The van der Waals surface area contributed by atoms with Crippen LogP contribution in [0.5, 0.6) is 0 Å². The Morgan fingerprint density at radius 1 is 0.471 bits per heavy atom. The molecule has 2 aliphatic carbocycles. The minimum atomic E-state index is -4.33. The van der Waals surface area contributed by atoms with Crippen LogP contribution in [0.25, 0.3) is 12.2 Å². The Balaban J connectivity index is 0.00000137. The van der Waals surface area contributed by atoms with Gasteiger partial charge in [-0.2, -0.15) is 0 Å². The van der Waals surface area contributed by atoms with E-state index >= 15 is 0 Å². The van der Waals surface area contributed by atoms with Crippen LogP contribution in [0.15, 0.2) is 121 Å². The van der Waals surface area contributed by atoms with Crippen LogP contribution in [-0.4, -0.2) is 0 Å². The van der Waals surface area contributed by atoms with Crippen molar-refractivity contribution in [3.8, 4) is 0 Å². The van der Waals surface area contributed by atoms with Crippen molar-refractivity contribution < 1.29 is 43.3 Å². The molecule has 0 amide bonds. The molecule has 0 nitrogen and oxygen atoms in total. The minimum absolute atomic E-state index is 0. The summed E-state index contributed by atoms with van der Waals surface area (Å²) < 4.78 is 6.67. The van der Waals surface area contributed by atoms with Gasteiger partial charge < -0.3 is 24.8 Å². The van der Waals surface area contributed by atoms with E-state index in [1.165, 1.54) is 22.3 Å². The van der Waals surface area contributed by atoms with E-state index in [-0.39, 0.29) is 24.8 Å². The second kappa shape index (κ2) is 9.46. The van der Waals surface area contributed by atoms with Gasteiger partial charge in [0.1, 0.15) is 0 Å². The van der Waals surface area contributed by atoms with E-state index in [1.807, 2.05) is 0 Å². The summed E-state index contributed by atoms with van der Waals surface area (Å²) >= 11 is -4.33. The number of halogens is 2. The quantitative estimate of drug-likeness (QED) is 0.289. The molecule has 169 valence electrons. The van der Waals surface area contributed by atoms with Crippen LogP contribution in [0.4, 0.5) is 0 Å². The first-order chi connectivity index (χ1) is 15.7. The SMILES string of the molecule is [CH3][Hf+2]([c]1ccccc1)([c]1ccccc1)([CH]1C=Cc2ccccc21)[CH]1C=Cc2ccccc21.[Cl-].[Cl-]. The number of rotatable bonds is 4. The fourth-order valence-corrected chi connectivity index (χ4v) is 34.0. The van der Waals surface area contributed by atoms with Crippen LogP contribution in [0, 0.1) is 0 Å². The van der Waals surface area contributed by atoms with Gasteiger partial charge in [0.2, 0.25) is 0 Å². The first kappa shape index (κ1) is 24.9. The van der Waals surface area contributed by atoms with Gasteiger partial charge in [0.25, 0.3) is 0 Å². The molecule has 2 unspecified atom stereocenters. The summed E-state index contributed by atoms with van der Waals surface area (Å²) in [5.41, 5.74) is 5.75. The van der Waals surface area contributed by atoms with Crippen molar-refractivity contribution >= 4 is 18.8 Å². The topological polar surface area (TPSA) is 0 Å². The summed E-state index contributed by atoms with van der Waals surface area (Å²) in [5.74, 6) is 0. The molecule has 4 aromatic rings. The molecule has 2 atom stereocenters. The predicted octanol–water partition coefficient (Wildman–Crippen LogP) is 0.919. The van der Waals surface area contributed by atoms with Gasteiger partial charge in [0.05, 0.1) is 0 Å². The van der Waals surface area contributed by atoms with Gasteiger partial charge in [0.15, 0.2) is 0 Å². The van der Waals surface area contributed by atoms with E-state index in [9.17, 15) is 0 Å². The molecule has 0 aromatic heterocycles. The average Bonchev–Trinajstić information content (AvgIpc) is 3.50. The molecule has 0 heterocycles. The molecule has 0 aliphatic heterocycles. The molecule has 0 saturated heterocycles. The number of hydrogen-bond acceptors (Lipinski definition) is 0.